The van der Waals surface area contributed by atoms with E-state index in [1.807, 2.05) is 0 Å². The highest BCUT2D eigenvalue weighted by molar-refractivity contribution is 5.96. The summed E-state index contributed by atoms with van der Waals surface area (Å²) < 4.78 is 4.62. The van der Waals surface area contributed by atoms with Gasteiger partial charge < -0.3 is 14.9 Å². The zero-order chi connectivity index (χ0) is 13.2. The highest BCUT2D eigenvalue weighted by atomic mass is 16.6. The lowest BCUT2D eigenvalue weighted by Gasteiger charge is -1.99. The smallest absolute Gasteiger partial charge is 0.374 e. The molecule has 2 aliphatic rings. The molecule has 0 amide bonds. The van der Waals surface area contributed by atoms with Crippen LogP contribution in [0, 0.1) is 0 Å². The van der Waals surface area contributed by atoms with Gasteiger partial charge in [-0.05, 0) is 32.8 Å². The topological polar surface area (TPSA) is 83.8 Å². The van der Waals surface area contributed by atoms with Crippen molar-refractivity contribution in [1.82, 2.24) is 0 Å². The van der Waals surface area contributed by atoms with Crippen LogP contribution >= 0.6 is 0 Å². The Morgan fingerprint density at radius 1 is 1.12 bits per heavy atom. The number of Topliss-reactive ketones (excluding diaryl/α,β-unsaturated/α-hetero) is 1. The monoisotopic (exact) mass is 240 g/mol. The maximum Gasteiger partial charge on any atom is 0.374 e. The summed E-state index contributed by atoms with van der Waals surface area (Å²) in [7, 11) is 0. The van der Waals surface area contributed by atoms with Gasteiger partial charge in [-0.1, -0.05) is 0 Å². The molecule has 0 spiro atoms. The molecule has 1 unspecified atom stereocenters. The standard InChI is InChI=1S/C6H8O3.C6H8O2/c1-3-4(2)9-6(8)5(3)7;1-4-2-3-5(7)6(4)8/h4,7H,1-2H3;8H,2-3H2,1H3. The summed E-state index contributed by atoms with van der Waals surface area (Å²) in [6.07, 6.45) is 0.986. The number of carbonyl (C=O) groups is 2. The number of hydrogen-bond donors (Lipinski definition) is 2. The largest absolute Gasteiger partial charge is 0.504 e. The predicted molar refractivity (Wildman–Crippen MR) is 60.5 cm³/mol. The Morgan fingerprint density at radius 3 is 1.82 bits per heavy atom. The van der Waals surface area contributed by atoms with Gasteiger partial charge in [-0.15, -0.1) is 0 Å². The van der Waals surface area contributed by atoms with Crippen LogP contribution in [-0.4, -0.2) is 28.1 Å². The van der Waals surface area contributed by atoms with Crippen molar-refractivity contribution in [2.45, 2.75) is 39.7 Å². The summed E-state index contributed by atoms with van der Waals surface area (Å²) in [6.45, 7) is 5.17. The van der Waals surface area contributed by atoms with Crippen LogP contribution in [0.1, 0.15) is 33.6 Å². The molecule has 0 radical (unpaired) electrons. The fraction of sp³-hybridized carbons (Fsp3) is 0.500. The molecule has 17 heavy (non-hydrogen) atoms. The van der Waals surface area contributed by atoms with Gasteiger partial charge in [0, 0.05) is 12.0 Å². The molecule has 0 aromatic heterocycles. The van der Waals surface area contributed by atoms with Gasteiger partial charge in [-0.3, -0.25) is 4.79 Å². The Labute approximate surface area is 99.4 Å². The third kappa shape index (κ3) is 2.87. The van der Waals surface area contributed by atoms with Gasteiger partial charge in [0.15, 0.2) is 11.5 Å². The summed E-state index contributed by atoms with van der Waals surface area (Å²) in [6, 6.07) is 0. The zero-order valence-electron chi connectivity index (χ0n) is 10.1. The van der Waals surface area contributed by atoms with Gasteiger partial charge in [-0.25, -0.2) is 4.79 Å². The van der Waals surface area contributed by atoms with Crippen LogP contribution in [0.5, 0.6) is 0 Å². The molecule has 5 heteroatoms. The molecule has 0 aromatic rings. The summed E-state index contributed by atoms with van der Waals surface area (Å²) in [4.78, 5) is 20.9. The van der Waals surface area contributed by atoms with Gasteiger partial charge in [0.05, 0.1) is 0 Å². The molecule has 0 bridgehead atoms. The summed E-state index contributed by atoms with van der Waals surface area (Å²) in [5.41, 5.74) is 1.44. The highest BCUT2D eigenvalue weighted by Crippen LogP contribution is 2.19. The van der Waals surface area contributed by atoms with E-state index in [2.05, 4.69) is 4.74 Å². The fourth-order valence-electron chi connectivity index (χ4n) is 1.43. The number of ether oxygens (including phenoxy) is 1. The second-order valence-corrected chi connectivity index (χ2v) is 4.13. The molecule has 94 valence electrons. The zero-order valence-corrected chi connectivity index (χ0v) is 10.1. The minimum absolute atomic E-state index is 0.00926. The average Bonchev–Trinajstić information content (AvgIpc) is 2.69. The highest BCUT2D eigenvalue weighted by Gasteiger charge is 2.27. The Balaban J connectivity index is 0.000000171. The first-order valence-corrected chi connectivity index (χ1v) is 5.37. The van der Waals surface area contributed by atoms with Crippen LogP contribution in [0.2, 0.25) is 0 Å². The lowest BCUT2D eigenvalue weighted by Crippen LogP contribution is -2.04. The fourth-order valence-corrected chi connectivity index (χ4v) is 1.43. The molecule has 5 nitrogen and oxygen atoms in total. The Bertz CT molecular complexity index is 417. The Kier molecular flexibility index (Phi) is 3.93. The number of carbonyl (C=O) groups excluding carboxylic acids is 2. The number of aliphatic hydroxyl groups is 2. The first kappa shape index (κ1) is 13.3. The minimum atomic E-state index is -0.611. The van der Waals surface area contributed by atoms with Crippen molar-refractivity contribution in [3.63, 3.8) is 0 Å². The van der Waals surface area contributed by atoms with Crippen molar-refractivity contribution in [1.29, 1.82) is 0 Å². The minimum Gasteiger partial charge on any atom is -0.504 e. The van der Waals surface area contributed by atoms with Gasteiger partial charge >= 0.3 is 5.97 Å². The van der Waals surface area contributed by atoms with Crippen molar-refractivity contribution in [2.24, 2.45) is 0 Å². The second-order valence-electron chi connectivity index (χ2n) is 4.13. The number of esters is 1. The lowest BCUT2D eigenvalue weighted by atomic mass is 10.2. The summed E-state index contributed by atoms with van der Waals surface area (Å²) >= 11 is 0. The van der Waals surface area contributed by atoms with E-state index in [0.29, 0.717) is 12.0 Å². The van der Waals surface area contributed by atoms with E-state index in [-0.39, 0.29) is 23.4 Å². The van der Waals surface area contributed by atoms with E-state index in [9.17, 15) is 9.59 Å². The molecule has 1 aliphatic carbocycles. The molecule has 0 fully saturated rings. The van der Waals surface area contributed by atoms with E-state index < -0.39 is 5.97 Å². The van der Waals surface area contributed by atoms with Crippen LogP contribution < -0.4 is 0 Å². The number of cyclic esters (lactones) is 1. The Morgan fingerprint density at radius 2 is 1.71 bits per heavy atom. The third-order valence-electron chi connectivity index (χ3n) is 2.86. The molecular weight excluding hydrogens is 224 g/mol. The van der Waals surface area contributed by atoms with Crippen molar-refractivity contribution in [3.05, 3.63) is 22.7 Å². The number of hydrogen-bond acceptors (Lipinski definition) is 5. The number of allylic oxidation sites excluding steroid dienone is 2. The third-order valence-corrected chi connectivity index (χ3v) is 2.86. The first-order chi connectivity index (χ1) is 7.84. The molecule has 2 rings (SSSR count). The van der Waals surface area contributed by atoms with Gasteiger partial charge in [0.1, 0.15) is 6.10 Å². The normalized spacial score (nSPS) is 23.8. The van der Waals surface area contributed by atoms with Crippen molar-refractivity contribution < 1.29 is 24.5 Å². The number of aliphatic hydroxyl groups excluding tert-OH is 2. The second kappa shape index (κ2) is 5.03. The molecule has 1 aliphatic heterocycles. The van der Waals surface area contributed by atoms with E-state index in [1.54, 1.807) is 20.8 Å². The van der Waals surface area contributed by atoms with E-state index in [4.69, 9.17) is 10.2 Å². The van der Waals surface area contributed by atoms with E-state index in [0.717, 1.165) is 12.0 Å². The van der Waals surface area contributed by atoms with Crippen LogP contribution in [0.25, 0.3) is 0 Å². The molecule has 0 saturated heterocycles. The molecule has 0 aromatic carbocycles. The average molecular weight is 240 g/mol. The first-order valence-electron chi connectivity index (χ1n) is 5.37. The summed E-state index contributed by atoms with van der Waals surface area (Å²) in [5, 5.41) is 17.6. The maximum atomic E-state index is 10.5. The molecular formula is C12H16O5. The van der Waals surface area contributed by atoms with Crippen molar-refractivity contribution >= 4 is 11.8 Å². The van der Waals surface area contributed by atoms with Crippen molar-refractivity contribution in [3.8, 4) is 0 Å². The van der Waals surface area contributed by atoms with Crippen LogP contribution in [0.4, 0.5) is 0 Å². The number of ketones is 1. The predicted octanol–water partition coefficient (Wildman–Crippen LogP) is 1.95. The maximum absolute atomic E-state index is 10.5. The molecule has 1 atom stereocenters. The molecule has 0 saturated carbocycles. The van der Waals surface area contributed by atoms with Crippen LogP contribution in [-0.2, 0) is 14.3 Å². The van der Waals surface area contributed by atoms with Gasteiger partial charge in [-0.2, -0.15) is 0 Å². The quantitative estimate of drug-likeness (QED) is 0.632. The SMILES string of the molecule is CC1=C(O)C(=O)CC1.CC1=C(O)C(=O)OC1C. The van der Waals surface area contributed by atoms with E-state index >= 15 is 0 Å². The van der Waals surface area contributed by atoms with Crippen molar-refractivity contribution in [2.75, 3.05) is 0 Å². The summed E-state index contributed by atoms with van der Waals surface area (Å²) in [5.74, 6) is -0.963. The molecule has 2 N–H and O–H groups in total. The molecule has 1 heterocycles. The van der Waals surface area contributed by atoms with Gasteiger partial charge in [0.25, 0.3) is 0 Å². The van der Waals surface area contributed by atoms with Gasteiger partial charge in [0.2, 0.25) is 5.76 Å². The van der Waals surface area contributed by atoms with Crippen LogP contribution in [0.15, 0.2) is 22.7 Å². The van der Waals surface area contributed by atoms with Crippen LogP contribution in [0.3, 0.4) is 0 Å². The lowest BCUT2D eigenvalue weighted by molar-refractivity contribution is -0.141. The van der Waals surface area contributed by atoms with E-state index in [1.165, 1.54) is 0 Å². The number of rotatable bonds is 0. The Hall–Kier alpha value is -1.78.